The number of carboxylic acid groups (broad SMARTS) is 1. The highest BCUT2D eigenvalue weighted by atomic mass is 19.1. The zero-order valence-electron chi connectivity index (χ0n) is 10.6. The van der Waals surface area contributed by atoms with Gasteiger partial charge in [-0.05, 0) is 49.2 Å². The van der Waals surface area contributed by atoms with Crippen molar-refractivity contribution in [2.45, 2.75) is 13.8 Å². The lowest BCUT2D eigenvalue weighted by Crippen LogP contribution is -2.01. The lowest BCUT2D eigenvalue weighted by atomic mass is 10.1. The molecule has 0 aromatic heterocycles. The molecular formula is C15H13FO3. The molecule has 0 unspecified atom stereocenters. The summed E-state index contributed by atoms with van der Waals surface area (Å²) in [5.41, 5.74) is 1.69. The van der Waals surface area contributed by atoms with Crippen molar-refractivity contribution < 1.29 is 19.0 Å². The standard InChI is InChI=1S/C15H13FO3/c1-9-3-4-10(2)14(7-9)19-13-6-5-11(16)8-12(13)15(17)18/h3-8H,1-2H3,(H,17,18). The topological polar surface area (TPSA) is 46.5 Å². The van der Waals surface area contributed by atoms with Gasteiger partial charge in [0.2, 0.25) is 0 Å². The van der Waals surface area contributed by atoms with E-state index in [9.17, 15) is 9.18 Å². The number of halogens is 1. The first kappa shape index (κ1) is 13.1. The molecule has 0 heterocycles. The van der Waals surface area contributed by atoms with Gasteiger partial charge in [-0.1, -0.05) is 12.1 Å². The van der Waals surface area contributed by atoms with Crippen LogP contribution in [0, 0.1) is 19.7 Å². The van der Waals surface area contributed by atoms with Gasteiger partial charge in [0.25, 0.3) is 0 Å². The molecular weight excluding hydrogens is 247 g/mol. The van der Waals surface area contributed by atoms with Gasteiger partial charge in [0, 0.05) is 0 Å². The van der Waals surface area contributed by atoms with E-state index in [1.54, 1.807) is 0 Å². The fourth-order valence-corrected chi connectivity index (χ4v) is 1.69. The Morgan fingerprint density at radius 2 is 1.84 bits per heavy atom. The second-order valence-electron chi connectivity index (χ2n) is 4.32. The van der Waals surface area contributed by atoms with Gasteiger partial charge in [0.1, 0.15) is 22.9 Å². The van der Waals surface area contributed by atoms with Crippen molar-refractivity contribution in [1.29, 1.82) is 0 Å². The van der Waals surface area contributed by atoms with Gasteiger partial charge >= 0.3 is 5.97 Å². The van der Waals surface area contributed by atoms with Gasteiger partial charge in [0.05, 0.1) is 0 Å². The molecule has 0 aliphatic heterocycles. The summed E-state index contributed by atoms with van der Waals surface area (Å²) in [4.78, 5) is 11.1. The van der Waals surface area contributed by atoms with Crippen LogP contribution in [0.25, 0.3) is 0 Å². The van der Waals surface area contributed by atoms with Crippen LogP contribution in [0.2, 0.25) is 0 Å². The molecule has 98 valence electrons. The molecule has 0 saturated carbocycles. The van der Waals surface area contributed by atoms with Crippen molar-refractivity contribution in [3.63, 3.8) is 0 Å². The van der Waals surface area contributed by atoms with E-state index in [4.69, 9.17) is 9.84 Å². The van der Waals surface area contributed by atoms with Gasteiger partial charge in [-0.3, -0.25) is 0 Å². The quantitative estimate of drug-likeness (QED) is 0.909. The van der Waals surface area contributed by atoms with Crippen molar-refractivity contribution >= 4 is 5.97 Å². The average Bonchev–Trinajstić information content (AvgIpc) is 2.35. The second-order valence-corrected chi connectivity index (χ2v) is 4.32. The van der Waals surface area contributed by atoms with Crippen LogP contribution in [0.15, 0.2) is 36.4 Å². The molecule has 2 aromatic rings. The first-order valence-electron chi connectivity index (χ1n) is 5.75. The minimum Gasteiger partial charge on any atom is -0.478 e. The first-order chi connectivity index (χ1) is 8.97. The molecule has 2 rings (SSSR count). The van der Waals surface area contributed by atoms with Gasteiger partial charge in [0.15, 0.2) is 0 Å². The van der Waals surface area contributed by atoms with Gasteiger partial charge in [-0.2, -0.15) is 0 Å². The summed E-state index contributed by atoms with van der Waals surface area (Å²) in [5.74, 6) is -1.14. The minimum absolute atomic E-state index is 0.127. The van der Waals surface area contributed by atoms with Crippen LogP contribution in [0.1, 0.15) is 21.5 Å². The van der Waals surface area contributed by atoms with E-state index in [2.05, 4.69) is 0 Å². The second kappa shape index (κ2) is 5.10. The molecule has 0 saturated heterocycles. The molecule has 0 bridgehead atoms. The number of carboxylic acids is 1. The molecule has 0 spiro atoms. The van der Waals surface area contributed by atoms with E-state index in [1.807, 2.05) is 32.0 Å². The molecule has 0 aliphatic carbocycles. The SMILES string of the molecule is Cc1ccc(C)c(Oc2ccc(F)cc2C(=O)O)c1. The largest absolute Gasteiger partial charge is 0.478 e. The Morgan fingerprint density at radius 3 is 2.53 bits per heavy atom. The van der Waals surface area contributed by atoms with E-state index in [1.165, 1.54) is 12.1 Å². The van der Waals surface area contributed by atoms with Crippen molar-refractivity contribution in [1.82, 2.24) is 0 Å². The number of benzene rings is 2. The number of ether oxygens (including phenoxy) is 1. The average molecular weight is 260 g/mol. The van der Waals surface area contributed by atoms with Crippen LogP contribution < -0.4 is 4.74 Å². The maximum absolute atomic E-state index is 13.1. The summed E-state index contributed by atoms with van der Waals surface area (Å²) in [6, 6.07) is 9.07. The van der Waals surface area contributed by atoms with Crippen LogP contribution in [0.4, 0.5) is 4.39 Å². The van der Waals surface area contributed by atoms with E-state index >= 15 is 0 Å². The summed E-state index contributed by atoms with van der Waals surface area (Å²) in [6.07, 6.45) is 0. The van der Waals surface area contributed by atoms with Crippen LogP contribution >= 0.6 is 0 Å². The number of hydrogen-bond acceptors (Lipinski definition) is 2. The number of hydrogen-bond donors (Lipinski definition) is 1. The normalized spacial score (nSPS) is 10.3. The number of rotatable bonds is 3. The predicted octanol–water partition coefficient (Wildman–Crippen LogP) is 3.93. The van der Waals surface area contributed by atoms with Crippen LogP contribution in [0.3, 0.4) is 0 Å². The van der Waals surface area contributed by atoms with E-state index in [0.717, 1.165) is 17.2 Å². The molecule has 0 aliphatic rings. The Kier molecular flexibility index (Phi) is 3.51. The third-order valence-electron chi connectivity index (χ3n) is 2.74. The summed E-state index contributed by atoms with van der Waals surface area (Å²) >= 11 is 0. The lowest BCUT2D eigenvalue weighted by molar-refractivity contribution is 0.0693. The molecule has 0 amide bonds. The molecule has 0 radical (unpaired) electrons. The van der Waals surface area contributed by atoms with Gasteiger partial charge in [-0.25, -0.2) is 9.18 Å². The van der Waals surface area contributed by atoms with Gasteiger partial charge < -0.3 is 9.84 Å². The molecule has 3 nitrogen and oxygen atoms in total. The third kappa shape index (κ3) is 2.91. The van der Waals surface area contributed by atoms with Gasteiger partial charge in [-0.15, -0.1) is 0 Å². The fourth-order valence-electron chi connectivity index (χ4n) is 1.69. The van der Waals surface area contributed by atoms with Crippen molar-refractivity contribution in [2.75, 3.05) is 0 Å². The Labute approximate surface area is 110 Å². The Morgan fingerprint density at radius 1 is 1.11 bits per heavy atom. The summed E-state index contributed by atoms with van der Waals surface area (Å²) in [5, 5.41) is 9.05. The molecule has 0 fully saturated rings. The van der Waals surface area contributed by atoms with Crippen molar-refractivity contribution in [2.24, 2.45) is 0 Å². The van der Waals surface area contributed by atoms with Crippen molar-refractivity contribution in [3.05, 3.63) is 58.9 Å². The first-order valence-corrected chi connectivity index (χ1v) is 5.75. The van der Waals surface area contributed by atoms with Crippen LogP contribution in [-0.4, -0.2) is 11.1 Å². The highest BCUT2D eigenvalue weighted by Crippen LogP contribution is 2.29. The highest BCUT2D eigenvalue weighted by Gasteiger charge is 2.14. The maximum Gasteiger partial charge on any atom is 0.339 e. The zero-order valence-corrected chi connectivity index (χ0v) is 10.6. The predicted molar refractivity (Wildman–Crippen MR) is 69.3 cm³/mol. The number of aryl methyl sites for hydroxylation is 2. The Bertz CT molecular complexity index is 635. The summed E-state index contributed by atoms with van der Waals surface area (Å²) < 4.78 is 18.7. The summed E-state index contributed by atoms with van der Waals surface area (Å²) in [7, 11) is 0. The smallest absolute Gasteiger partial charge is 0.339 e. The molecule has 1 N–H and O–H groups in total. The highest BCUT2D eigenvalue weighted by molar-refractivity contribution is 5.91. The number of carbonyl (C=O) groups is 1. The third-order valence-corrected chi connectivity index (χ3v) is 2.74. The minimum atomic E-state index is -1.22. The Balaban J connectivity index is 2.43. The van der Waals surface area contributed by atoms with E-state index in [0.29, 0.717) is 5.75 Å². The molecule has 0 atom stereocenters. The number of aromatic carboxylic acids is 1. The molecule has 4 heteroatoms. The van der Waals surface area contributed by atoms with Crippen molar-refractivity contribution in [3.8, 4) is 11.5 Å². The maximum atomic E-state index is 13.1. The monoisotopic (exact) mass is 260 g/mol. The summed E-state index contributed by atoms with van der Waals surface area (Å²) in [6.45, 7) is 3.77. The fraction of sp³-hybridized carbons (Fsp3) is 0.133. The molecule has 2 aromatic carbocycles. The lowest BCUT2D eigenvalue weighted by Gasteiger charge is -2.11. The Hall–Kier alpha value is -2.36. The van der Waals surface area contributed by atoms with E-state index < -0.39 is 11.8 Å². The molecule has 19 heavy (non-hydrogen) atoms. The van der Waals surface area contributed by atoms with Crippen LogP contribution in [-0.2, 0) is 0 Å². The zero-order chi connectivity index (χ0) is 14.0. The van der Waals surface area contributed by atoms with E-state index in [-0.39, 0.29) is 11.3 Å². The van der Waals surface area contributed by atoms with Crippen LogP contribution in [0.5, 0.6) is 11.5 Å².